The zero-order valence-electron chi connectivity index (χ0n) is 12.0. The van der Waals surface area contributed by atoms with Gasteiger partial charge in [0.1, 0.15) is 0 Å². The van der Waals surface area contributed by atoms with Gasteiger partial charge in [-0.3, -0.25) is 4.90 Å². The molecule has 2 rings (SSSR count). The van der Waals surface area contributed by atoms with Crippen LogP contribution in [0.4, 0.5) is 0 Å². The first kappa shape index (κ1) is 14.5. The van der Waals surface area contributed by atoms with Crippen molar-refractivity contribution in [2.24, 2.45) is 5.73 Å². The van der Waals surface area contributed by atoms with Gasteiger partial charge in [0.05, 0.1) is 12.2 Å². The standard InChI is InChI=1S/C15H24N2O2/c1-11-5-4-6-12(7-11)13(16)8-17-9-14(18-2)15(10-17)19-3/h4-7,13-15H,8-10,16H2,1-3H3. The lowest BCUT2D eigenvalue weighted by molar-refractivity contribution is -0.00461. The highest BCUT2D eigenvalue weighted by Crippen LogP contribution is 2.19. The monoisotopic (exact) mass is 264 g/mol. The predicted molar refractivity (Wildman–Crippen MR) is 76.1 cm³/mol. The molecule has 0 saturated carbocycles. The Hall–Kier alpha value is -0.940. The number of rotatable bonds is 5. The molecular formula is C15H24N2O2. The Morgan fingerprint density at radius 3 is 2.42 bits per heavy atom. The van der Waals surface area contributed by atoms with Crippen molar-refractivity contribution in [1.82, 2.24) is 4.90 Å². The molecule has 1 fully saturated rings. The Kier molecular flexibility index (Phi) is 4.93. The minimum absolute atomic E-state index is 0.0352. The number of nitrogens with zero attached hydrogens (tertiary/aromatic N) is 1. The summed E-state index contributed by atoms with van der Waals surface area (Å²) in [6, 6.07) is 8.43. The number of hydrogen-bond donors (Lipinski definition) is 1. The molecule has 106 valence electrons. The van der Waals surface area contributed by atoms with Crippen LogP contribution >= 0.6 is 0 Å². The van der Waals surface area contributed by atoms with Gasteiger partial charge in [-0.05, 0) is 12.5 Å². The molecule has 4 nitrogen and oxygen atoms in total. The van der Waals surface area contributed by atoms with Gasteiger partial charge in [0.2, 0.25) is 0 Å². The van der Waals surface area contributed by atoms with Gasteiger partial charge in [-0.15, -0.1) is 0 Å². The molecule has 0 radical (unpaired) electrons. The third-order valence-electron chi connectivity index (χ3n) is 3.82. The van der Waals surface area contributed by atoms with E-state index in [-0.39, 0.29) is 18.2 Å². The van der Waals surface area contributed by atoms with Gasteiger partial charge < -0.3 is 15.2 Å². The smallest absolute Gasteiger partial charge is 0.0971 e. The Morgan fingerprint density at radius 2 is 1.89 bits per heavy atom. The Balaban J connectivity index is 1.95. The molecule has 3 atom stereocenters. The molecule has 0 amide bonds. The number of likely N-dealkylation sites (tertiary alicyclic amines) is 1. The van der Waals surface area contributed by atoms with E-state index >= 15 is 0 Å². The molecule has 1 aliphatic heterocycles. The molecule has 0 bridgehead atoms. The van der Waals surface area contributed by atoms with Crippen LogP contribution in [0.3, 0.4) is 0 Å². The number of ether oxygens (including phenoxy) is 2. The molecule has 1 saturated heterocycles. The van der Waals surface area contributed by atoms with Crippen molar-refractivity contribution in [3.63, 3.8) is 0 Å². The predicted octanol–water partition coefficient (Wildman–Crippen LogP) is 1.34. The van der Waals surface area contributed by atoms with E-state index in [0.29, 0.717) is 0 Å². The summed E-state index contributed by atoms with van der Waals surface area (Å²) in [5.74, 6) is 0. The van der Waals surface area contributed by atoms with Gasteiger partial charge in [-0.2, -0.15) is 0 Å². The highest BCUT2D eigenvalue weighted by Gasteiger charge is 2.33. The summed E-state index contributed by atoms with van der Waals surface area (Å²) in [5.41, 5.74) is 8.73. The molecule has 2 N–H and O–H groups in total. The average Bonchev–Trinajstić information content (AvgIpc) is 2.80. The molecule has 0 spiro atoms. The average molecular weight is 264 g/mol. The van der Waals surface area contributed by atoms with Gasteiger partial charge in [0.15, 0.2) is 0 Å². The molecule has 1 heterocycles. The van der Waals surface area contributed by atoms with E-state index in [1.165, 1.54) is 11.1 Å². The van der Waals surface area contributed by atoms with Crippen molar-refractivity contribution in [3.05, 3.63) is 35.4 Å². The van der Waals surface area contributed by atoms with Gasteiger partial charge in [0.25, 0.3) is 0 Å². The van der Waals surface area contributed by atoms with Crippen molar-refractivity contribution in [2.45, 2.75) is 25.2 Å². The maximum Gasteiger partial charge on any atom is 0.0971 e. The second-order valence-corrected chi connectivity index (χ2v) is 5.29. The first-order valence-corrected chi connectivity index (χ1v) is 6.74. The van der Waals surface area contributed by atoms with Crippen LogP contribution in [0.1, 0.15) is 17.2 Å². The highest BCUT2D eigenvalue weighted by atomic mass is 16.5. The van der Waals surface area contributed by atoms with Crippen molar-refractivity contribution in [3.8, 4) is 0 Å². The fourth-order valence-corrected chi connectivity index (χ4v) is 2.70. The minimum atomic E-state index is 0.0352. The largest absolute Gasteiger partial charge is 0.377 e. The fraction of sp³-hybridized carbons (Fsp3) is 0.600. The van der Waals surface area contributed by atoms with E-state index in [9.17, 15) is 0 Å². The van der Waals surface area contributed by atoms with E-state index in [0.717, 1.165) is 19.6 Å². The normalized spacial score (nSPS) is 25.7. The number of benzene rings is 1. The van der Waals surface area contributed by atoms with E-state index in [2.05, 4.69) is 36.1 Å². The Morgan fingerprint density at radius 1 is 1.26 bits per heavy atom. The quantitative estimate of drug-likeness (QED) is 0.872. The maximum absolute atomic E-state index is 6.29. The van der Waals surface area contributed by atoms with Crippen LogP contribution in [0.25, 0.3) is 0 Å². The summed E-state index contributed by atoms with van der Waals surface area (Å²) in [5, 5.41) is 0. The lowest BCUT2D eigenvalue weighted by Crippen LogP contribution is -2.31. The molecule has 1 aliphatic rings. The van der Waals surface area contributed by atoms with Gasteiger partial charge >= 0.3 is 0 Å². The van der Waals surface area contributed by atoms with Crippen molar-refractivity contribution in [1.29, 1.82) is 0 Å². The Labute approximate surface area is 115 Å². The van der Waals surface area contributed by atoms with Crippen LogP contribution in [0, 0.1) is 6.92 Å². The summed E-state index contributed by atoms with van der Waals surface area (Å²) in [7, 11) is 3.47. The maximum atomic E-state index is 6.29. The third-order valence-corrected chi connectivity index (χ3v) is 3.82. The molecule has 4 heteroatoms. The second kappa shape index (κ2) is 6.48. The fourth-order valence-electron chi connectivity index (χ4n) is 2.70. The molecule has 0 aromatic heterocycles. The van der Waals surface area contributed by atoms with Crippen LogP contribution in [0.5, 0.6) is 0 Å². The summed E-state index contributed by atoms with van der Waals surface area (Å²) >= 11 is 0. The SMILES string of the molecule is COC1CN(CC(N)c2cccc(C)c2)CC1OC. The third kappa shape index (κ3) is 3.54. The van der Waals surface area contributed by atoms with Gasteiger partial charge in [-0.1, -0.05) is 29.8 Å². The highest BCUT2D eigenvalue weighted by molar-refractivity contribution is 5.25. The Bertz CT molecular complexity index is 399. The molecule has 1 aromatic rings. The van der Waals surface area contributed by atoms with Crippen LogP contribution in [-0.4, -0.2) is 51.0 Å². The summed E-state index contributed by atoms with van der Waals surface area (Å²) < 4.78 is 10.9. The summed E-state index contributed by atoms with van der Waals surface area (Å²) in [4.78, 5) is 2.31. The number of aryl methyl sites for hydroxylation is 1. The molecule has 3 unspecified atom stereocenters. The lowest BCUT2D eigenvalue weighted by Gasteiger charge is -2.21. The number of hydrogen-bond acceptors (Lipinski definition) is 4. The molecule has 19 heavy (non-hydrogen) atoms. The van der Waals surface area contributed by atoms with Gasteiger partial charge in [0, 0.05) is 39.9 Å². The van der Waals surface area contributed by atoms with E-state index in [4.69, 9.17) is 15.2 Å². The van der Waals surface area contributed by atoms with Crippen molar-refractivity contribution in [2.75, 3.05) is 33.9 Å². The van der Waals surface area contributed by atoms with Crippen LogP contribution in [0.2, 0.25) is 0 Å². The van der Waals surface area contributed by atoms with E-state index in [1.807, 2.05) is 0 Å². The van der Waals surface area contributed by atoms with E-state index < -0.39 is 0 Å². The van der Waals surface area contributed by atoms with Crippen molar-refractivity contribution < 1.29 is 9.47 Å². The summed E-state index contributed by atoms with van der Waals surface area (Å²) in [6.07, 6.45) is 0.296. The van der Waals surface area contributed by atoms with Crippen LogP contribution in [-0.2, 0) is 9.47 Å². The molecule has 1 aromatic carbocycles. The molecular weight excluding hydrogens is 240 g/mol. The first-order valence-electron chi connectivity index (χ1n) is 6.74. The zero-order valence-corrected chi connectivity index (χ0v) is 12.0. The lowest BCUT2D eigenvalue weighted by atomic mass is 10.0. The van der Waals surface area contributed by atoms with Crippen LogP contribution in [0.15, 0.2) is 24.3 Å². The zero-order chi connectivity index (χ0) is 13.8. The summed E-state index contributed by atoms with van der Waals surface area (Å²) in [6.45, 7) is 4.69. The van der Waals surface area contributed by atoms with Crippen molar-refractivity contribution >= 4 is 0 Å². The first-order chi connectivity index (χ1) is 9.13. The minimum Gasteiger partial charge on any atom is -0.377 e. The second-order valence-electron chi connectivity index (χ2n) is 5.29. The van der Waals surface area contributed by atoms with Gasteiger partial charge in [-0.25, -0.2) is 0 Å². The van der Waals surface area contributed by atoms with E-state index in [1.54, 1.807) is 14.2 Å². The number of nitrogens with two attached hydrogens (primary N) is 1. The van der Waals surface area contributed by atoms with Crippen LogP contribution < -0.4 is 5.73 Å². The molecule has 0 aliphatic carbocycles. The number of methoxy groups -OCH3 is 2. The topological polar surface area (TPSA) is 47.7 Å².